The number of likely N-dealkylation sites (N-methyl/N-ethyl adjacent to an activating group) is 1. The lowest BCUT2D eigenvalue weighted by Crippen LogP contribution is -2.19. The van der Waals surface area contributed by atoms with E-state index in [0.717, 1.165) is 6.42 Å². The van der Waals surface area contributed by atoms with Crippen molar-refractivity contribution in [3.8, 4) is 0 Å². The molecule has 0 radical (unpaired) electrons. The first-order chi connectivity index (χ1) is 8.61. The van der Waals surface area contributed by atoms with Gasteiger partial charge in [0.2, 0.25) is 0 Å². The SMILES string of the molecule is CNC(Cc1ccc(Br)s1)c1cccc(C)c1I. The molecule has 96 valence electrons. The van der Waals surface area contributed by atoms with Gasteiger partial charge in [-0.15, -0.1) is 11.3 Å². The minimum atomic E-state index is 0.377. The van der Waals surface area contributed by atoms with Crippen molar-refractivity contribution >= 4 is 49.9 Å². The molecule has 0 bridgehead atoms. The van der Waals surface area contributed by atoms with Crippen LogP contribution in [0.25, 0.3) is 0 Å². The number of benzene rings is 1. The molecule has 1 N–H and O–H groups in total. The van der Waals surface area contributed by atoms with Gasteiger partial charge in [0.25, 0.3) is 0 Å². The molecule has 1 heterocycles. The molecule has 0 saturated carbocycles. The average molecular weight is 436 g/mol. The van der Waals surface area contributed by atoms with Crippen molar-refractivity contribution in [2.45, 2.75) is 19.4 Å². The first kappa shape index (κ1) is 14.5. The molecule has 0 fully saturated rings. The zero-order valence-corrected chi connectivity index (χ0v) is 14.9. The second-order valence-electron chi connectivity index (χ2n) is 4.23. The van der Waals surface area contributed by atoms with Gasteiger partial charge in [0.1, 0.15) is 0 Å². The van der Waals surface area contributed by atoms with Crippen LogP contribution in [0, 0.1) is 10.5 Å². The summed E-state index contributed by atoms with van der Waals surface area (Å²) in [6.07, 6.45) is 1.03. The Kier molecular flexibility index (Phi) is 5.24. The highest BCUT2D eigenvalue weighted by Gasteiger charge is 2.15. The fourth-order valence-corrected chi connectivity index (χ4v) is 4.23. The minimum Gasteiger partial charge on any atom is -0.313 e. The molecule has 1 nitrogen and oxygen atoms in total. The zero-order chi connectivity index (χ0) is 13.1. The first-order valence-corrected chi connectivity index (χ1v) is 8.47. The van der Waals surface area contributed by atoms with Crippen LogP contribution < -0.4 is 5.32 Å². The number of rotatable bonds is 4. The lowest BCUT2D eigenvalue weighted by atomic mass is 10.0. The maximum atomic E-state index is 3.52. The number of hydrogen-bond acceptors (Lipinski definition) is 2. The second kappa shape index (κ2) is 6.50. The Morgan fingerprint density at radius 3 is 2.72 bits per heavy atom. The molecule has 0 spiro atoms. The van der Waals surface area contributed by atoms with Gasteiger partial charge in [-0.25, -0.2) is 0 Å². The van der Waals surface area contributed by atoms with Gasteiger partial charge in [-0.3, -0.25) is 0 Å². The monoisotopic (exact) mass is 435 g/mol. The summed E-state index contributed by atoms with van der Waals surface area (Å²) in [6.45, 7) is 2.17. The van der Waals surface area contributed by atoms with Crippen LogP contribution in [-0.4, -0.2) is 7.05 Å². The Labute approximate surface area is 134 Å². The van der Waals surface area contributed by atoms with E-state index in [1.807, 2.05) is 18.4 Å². The van der Waals surface area contributed by atoms with Gasteiger partial charge in [-0.1, -0.05) is 18.2 Å². The quantitative estimate of drug-likeness (QED) is 0.671. The highest BCUT2D eigenvalue weighted by molar-refractivity contribution is 14.1. The number of nitrogens with one attached hydrogen (secondary N) is 1. The fourth-order valence-electron chi connectivity index (χ4n) is 1.97. The van der Waals surface area contributed by atoms with E-state index in [1.165, 1.54) is 23.4 Å². The number of halogens is 2. The van der Waals surface area contributed by atoms with E-state index in [4.69, 9.17) is 0 Å². The van der Waals surface area contributed by atoms with Crippen molar-refractivity contribution in [3.63, 3.8) is 0 Å². The molecule has 1 atom stereocenters. The van der Waals surface area contributed by atoms with E-state index in [2.05, 4.69) is 81.1 Å². The normalized spacial score (nSPS) is 12.7. The second-order valence-corrected chi connectivity index (χ2v) is 7.86. The summed E-state index contributed by atoms with van der Waals surface area (Å²) >= 11 is 7.78. The standard InChI is InChI=1S/C14H15BrINS/c1-9-4-3-5-11(14(9)16)12(17-2)8-10-6-7-13(15)18-10/h3-7,12,17H,8H2,1-2H3. The predicted octanol–water partition coefficient (Wildman–Crippen LogP) is 4.93. The largest absolute Gasteiger partial charge is 0.313 e. The maximum absolute atomic E-state index is 3.52. The zero-order valence-electron chi connectivity index (χ0n) is 10.3. The summed E-state index contributed by atoms with van der Waals surface area (Å²) in [7, 11) is 2.03. The van der Waals surface area contributed by atoms with Crippen LogP contribution in [0.5, 0.6) is 0 Å². The van der Waals surface area contributed by atoms with E-state index in [9.17, 15) is 0 Å². The van der Waals surface area contributed by atoms with Crippen molar-refractivity contribution in [2.75, 3.05) is 7.05 Å². The van der Waals surface area contributed by atoms with Gasteiger partial charge < -0.3 is 5.32 Å². The highest BCUT2D eigenvalue weighted by Crippen LogP contribution is 2.29. The third kappa shape index (κ3) is 3.35. The summed E-state index contributed by atoms with van der Waals surface area (Å²) in [5.41, 5.74) is 2.74. The van der Waals surface area contributed by atoms with Crippen molar-refractivity contribution in [1.82, 2.24) is 5.32 Å². The van der Waals surface area contributed by atoms with E-state index in [1.54, 1.807) is 0 Å². The van der Waals surface area contributed by atoms with Gasteiger partial charge in [0.05, 0.1) is 3.79 Å². The topological polar surface area (TPSA) is 12.0 Å². The van der Waals surface area contributed by atoms with E-state index >= 15 is 0 Å². The highest BCUT2D eigenvalue weighted by atomic mass is 127. The Morgan fingerprint density at radius 1 is 1.33 bits per heavy atom. The molecule has 1 unspecified atom stereocenters. The minimum absolute atomic E-state index is 0.377. The maximum Gasteiger partial charge on any atom is 0.0701 e. The Bertz CT molecular complexity index is 538. The van der Waals surface area contributed by atoms with Crippen molar-refractivity contribution in [3.05, 3.63) is 53.7 Å². The Hall–Kier alpha value is 0.0900. The number of aryl methyl sites for hydroxylation is 1. The van der Waals surface area contributed by atoms with E-state index in [-0.39, 0.29) is 0 Å². The molecule has 0 amide bonds. The molecule has 0 aliphatic carbocycles. The van der Waals surface area contributed by atoms with Crippen LogP contribution in [-0.2, 0) is 6.42 Å². The smallest absolute Gasteiger partial charge is 0.0701 e. The summed E-state index contributed by atoms with van der Waals surface area (Å²) in [5, 5.41) is 3.43. The fraction of sp³-hybridized carbons (Fsp3) is 0.286. The van der Waals surface area contributed by atoms with Crippen molar-refractivity contribution in [1.29, 1.82) is 0 Å². The third-order valence-electron chi connectivity index (χ3n) is 2.98. The van der Waals surface area contributed by atoms with Gasteiger partial charge in [0, 0.05) is 20.9 Å². The molecule has 0 aliphatic rings. The molecular weight excluding hydrogens is 421 g/mol. The summed E-state index contributed by atoms with van der Waals surface area (Å²) in [5.74, 6) is 0. The molecule has 2 rings (SSSR count). The number of thiophene rings is 1. The van der Waals surface area contributed by atoms with Gasteiger partial charge in [-0.2, -0.15) is 0 Å². The van der Waals surface area contributed by atoms with Crippen LogP contribution in [0.4, 0.5) is 0 Å². The predicted molar refractivity (Wildman–Crippen MR) is 91.4 cm³/mol. The number of hydrogen-bond donors (Lipinski definition) is 1. The van der Waals surface area contributed by atoms with Crippen LogP contribution in [0.3, 0.4) is 0 Å². The molecule has 0 saturated heterocycles. The molecule has 1 aromatic heterocycles. The molecule has 18 heavy (non-hydrogen) atoms. The molecule has 4 heteroatoms. The van der Waals surface area contributed by atoms with Gasteiger partial charge in [0.15, 0.2) is 0 Å². The molecule has 2 aromatic rings. The molecular formula is C14H15BrINS. The Morgan fingerprint density at radius 2 is 2.11 bits per heavy atom. The average Bonchev–Trinajstić information content (AvgIpc) is 2.76. The van der Waals surface area contributed by atoms with Crippen molar-refractivity contribution < 1.29 is 0 Å². The van der Waals surface area contributed by atoms with Crippen LogP contribution in [0.15, 0.2) is 34.1 Å². The lowest BCUT2D eigenvalue weighted by Gasteiger charge is -2.18. The summed E-state index contributed by atoms with van der Waals surface area (Å²) in [4.78, 5) is 1.40. The molecule has 0 aliphatic heterocycles. The van der Waals surface area contributed by atoms with Crippen LogP contribution in [0.2, 0.25) is 0 Å². The van der Waals surface area contributed by atoms with Crippen LogP contribution in [0.1, 0.15) is 22.0 Å². The Balaban J connectivity index is 2.25. The van der Waals surface area contributed by atoms with Gasteiger partial charge >= 0.3 is 0 Å². The first-order valence-electron chi connectivity index (χ1n) is 5.78. The summed E-state index contributed by atoms with van der Waals surface area (Å²) < 4.78 is 2.57. The van der Waals surface area contributed by atoms with E-state index in [0.29, 0.717) is 6.04 Å². The third-order valence-corrected chi connectivity index (χ3v) is 6.10. The summed E-state index contributed by atoms with van der Waals surface area (Å²) in [6, 6.07) is 11.2. The van der Waals surface area contributed by atoms with Crippen molar-refractivity contribution in [2.24, 2.45) is 0 Å². The van der Waals surface area contributed by atoms with Gasteiger partial charge in [-0.05, 0) is 75.8 Å². The van der Waals surface area contributed by atoms with Crippen LogP contribution >= 0.6 is 49.9 Å². The molecule has 1 aromatic carbocycles. The lowest BCUT2D eigenvalue weighted by molar-refractivity contribution is 0.593. The van der Waals surface area contributed by atoms with E-state index < -0.39 is 0 Å².